The molecule has 0 aliphatic heterocycles. The fourth-order valence-electron chi connectivity index (χ4n) is 2.77. The van der Waals surface area contributed by atoms with Crippen molar-refractivity contribution < 1.29 is 4.79 Å². The summed E-state index contributed by atoms with van der Waals surface area (Å²) in [5.74, 6) is 0.842. The van der Waals surface area contributed by atoms with E-state index in [9.17, 15) is 4.79 Å². The molecule has 1 amide bonds. The third-order valence-corrected chi connectivity index (χ3v) is 5.45. The molecule has 0 spiro atoms. The number of hydrogen-bond acceptors (Lipinski definition) is 4. The van der Waals surface area contributed by atoms with Gasteiger partial charge in [0.1, 0.15) is 0 Å². The van der Waals surface area contributed by atoms with Gasteiger partial charge in [-0.25, -0.2) is 0 Å². The molecule has 0 radical (unpaired) electrons. The number of hydrogen-bond donors (Lipinski definition) is 1. The van der Waals surface area contributed by atoms with E-state index in [0.29, 0.717) is 22.5 Å². The quantitative estimate of drug-likeness (QED) is 0.428. The van der Waals surface area contributed by atoms with Crippen molar-refractivity contribution in [3.8, 4) is 11.4 Å². The lowest BCUT2D eigenvalue weighted by Gasteiger charge is -2.14. The number of benzene rings is 2. The number of aromatic nitrogens is 3. The molecule has 0 aliphatic carbocycles. The predicted octanol–water partition coefficient (Wildman–Crippen LogP) is 4.75. The number of halogens is 1. The third-order valence-electron chi connectivity index (χ3n) is 4.15. The van der Waals surface area contributed by atoms with Crippen LogP contribution in [0.1, 0.15) is 18.5 Å². The molecule has 1 heterocycles. The number of nitrogens with one attached hydrogen (secondary N) is 1. The average molecular weight is 413 g/mol. The van der Waals surface area contributed by atoms with Crippen LogP contribution in [0, 0.1) is 0 Å². The Morgan fingerprint density at radius 2 is 1.93 bits per heavy atom. The van der Waals surface area contributed by atoms with Gasteiger partial charge in [-0.15, -0.1) is 16.8 Å². The van der Waals surface area contributed by atoms with E-state index in [1.54, 1.807) is 6.08 Å². The van der Waals surface area contributed by atoms with E-state index in [0.717, 1.165) is 11.1 Å². The van der Waals surface area contributed by atoms with E-state index in [2.05, 4.69) is 22.1 Å². The Kier molecular flexibility index (Phi) is 6.90. The van der Waals surface area contributed by atoms with E-state index in [1.807, 2.05) is 66.1 Å². The minimum absolute atomic E-state index is 0.0565. The van der Waals surface area contributed by atoms with Gasteiger partial charge in [-0.3, -0.25) is 9.36 Å². The molecule has 5 nitrogen and oxygen atoms in total. The van der Waals surface area contributed by atoms with E-state index in [4.69, 9.17) is 11.6 Å². The Morgan fingerprint density at radius 1 is 1.21 bits per heavy atom. The summed E-state index contributed by atoms with van der Waals surface area (Å²) in [6.45, 7) is 6.30. The first-order chi connectivity index (χ1) is 13.6. The van der Waals surface area contributed by atoms with Gasteiger partial charge < -0.3 is 5.32 Å². The Labute approximate surface area is 173 Å². The van der Waals surface area contributed by atoms with Gasteiger partial charge in [-0.2, -0.15) is 0 Å². The van der Waals surface area contributed by atoms with Crippen molar-refractivity contribution in [3.63, 3.8) is 0 Å². The summed E-state index contributed by atoms with van der Waals surface area (Å²) in [4.78, 5) is 12.4. The van der Waals surface area contributed by atoms with E-state index in [-0.39, 0.29) is 17.7 Å². The minimum Gasteiger partial charge on any atom is -0.349 e. The van der Waals surface area contributed by atoms with Crippen LogP contribution in [0.4, 0.5) is 0 Å². The first-order valence-electron chi connectivity index (χ1n) is 8.86. The maximum Gasteiger partial charge on any atom is 0.230 e. The Bertz CT molecular complexity index is 958. The first kappa shape index (κ1) is 20.2. The number of allylic oxidation sites excluding steroid dienone is 1. The van der Waals surface area contributed by atoms with Gasteiger partial charge in [0.2, 0.25) is 5.91 Å². The lowest BCUT2D eigenvalue weighted by Crippen LogP contribution is -2.28. The van der Waals surface area contributed by atoms with Crippen molar-refractivity contribution >= 4 is 29.3 Å². The van der Waals surface area contributed by atoms with Gasteiger partial charge in [0, 0.05) is 12.1 Å². The van der Waals surface area contributed by atoms with Crippen LogP contribution >= 0.6 is 23.4 Å². The zero-order valence-electron chi connectivity index (χ0n) is 15.5. The van der Waals surface area contributed by atoms with Crippen LogP contribution in [0.5, 0.6) is 0 Å². The summed E-state index contributed by atoms with van der Waals surface area (Å²) in [5, 5.41) is 12.8. The average Bonchev–Trinajstić information content (AvgIpc) is 3.10. The first-order valence-corrected chi connectivity index (χ1v) is 10.2. The van der Waals surface area contributed by atoms with Crippen LogP contribution < -0.4 is 5.32 Å². The molecular formula is C21H21ClN4OS. The molecule has 144 valence electrons. The van der Waals surface area contributed by atoms with Crippen LogP contribution in [0.25, 0.3) is 11.4 Å². The normalized spacial score (nSPS) is 11.8. The topological polar surface area (TPSA) is 59.8 Å². The van der Waals surface area contributed by atoms with E-state index in [1.165, 1.54) is 11.8 Å². The second kappa shape index (κ2) is 9.57. The molecule has 2 aromatic carbocycles. The lowest BCUT2D eigenvalue weighted by molar-refractivity contribution is -0.119. The molecule has 0 aliphatic rings. The highest BCUT2D eigenvalue weighted by molar-refractivity contribution is 7.99. The summed E-state index contributed by atoms with van der Waals surface area (Å²) >= 11 is 7.65. The summed E-state index contributed by atoms with van der Waals surface area (Å²) in [6, 6.07) is 17.3. The molecule has 1 atom stereocenters. The van der Waals surface area contributed by atoms with Crippen LogP contribution in [0.15, 0.2) is 72.4 Å². The number of carbonyl (C=O) groups excluding carboxylic acids is 1. The molecule has 28 heavy (non-hydrogen) atoms. The summed E-state index contributed by atoms with van der Waals surface area (Å²) in [5.41, 5.74) is 1.86. The van der Waals surface area contributed by atoms with Gasteiger partial charge in [0.25, 0.3) is 0 Å². The zero-order chi connectivity index (χ0) is 19.9. The van der Waals surface area contributed by atoms with Crippen LogP contribution in [-0.2, 0) is 11.3 Å². The van der Waals surface area contributed by atoms with Gasteiger partial charge in [0.15, 0.2) is 11.0 Å². The highest BCUT2D eigenvalue weighted by Gasteiger charge is 2.17. The molecular weight excluding hydrogens is 392 g/mol. The van der Waals surface area contributed by atoms with Crippen molar-refractivity contribution in [2.24, 2.45) is 0 Å². The maximum atomic E-state index is 12.4. The van der Waals surface area contributed by atoms with Crippen molar-refractivity contribution in [3.05, 3.63) is 77.8 Å². The van der Waals surface area contributed by atoms with Crippen molar-refractivity contribution in [2.45, 2.75) is 24.7 Å². The molecule has 7 heteroatoms. The van der Waals surface area contributed by atoms with Gasteiger partial charge in [0.05, 0.1) is 16.8 Å². The van der Waals surface area contributed by atoms with Gasteiger partial charge in [-0.05, 0) is 24.6 Å². The molecule has 0 fully saturated rings. The van der Waals surface area contributed by atoms with Crippen LogP contribution in [0.2, 0.25) is 5.02 Å². The predicted molar refractivity (Wildman–Crippen MR) is 114 cm³/mol. The Morgan fingerprint density at radius 3 is 2.64 bits per heavy atom. The van der Waals surface area contributed by atoms with Crippen molar-refractivity contribution in [2.75, 3.05) is 5.75 Å². The van der Waals surface area contributed by atoms with Gasteiger partial charge in [-0.1, -0.05) is 71.9 Å². The minimum atomic E-state index is -0.0613. The molecule has 1 unspecified atom stereocenters. The van der Waals surface area contributed by atoms with Gasteiger partial charge >= 0.3 is 0 Å². The van der Waals surface area contributed by atoms with Crippen molar-refractivity contribution in [1.82, 2.24) is 20.1 Å². The molecule has 0 saturated carbocycles. The zero-order valence-corrected chi connectivity index (χ0v) is 17.1. The molecule has 3 aromatic rings. The monoisotopic (exact) mass is 412 g/mol. The largest absolute Gasteiger partial charge is 0.349 e. The molecule has 1 N–H and O–H groups in total. The number of carbonyl (C=O) groups is 1. The number of thioether (sulfide) groups is 1. The number of rotatable bonds is 8. The third kappa shape index (κ3) is 4.82. The highest BCUT2D eigenvalue weighted by atomic mass is 35.5. The molecule has 1 aromatic heterocycles. The maximum absolute atomic E-state index is 12.4. The lowest BCUT2D eigenvalue weighted by atomic mass is 10.1. The van der Waals surface area contributed by atoms with E-state index >= 15 is 0 Å². The Hall–Kier alpha value is -2.57. The highest BCUT2D eigenvalue weighted by Crippen LogP contribution is 2.29. The smallest absolute Gasteiger partial charge is 0.230 e. The Balaban J connectivity index is 1.70. The molecule has 0 bridgehead atoms. The van der Waals surface area contributed by atoms with E-state index < -0.39 is 0 Å². The standard InChI is InChI=1S/C21H21ClN4OS/c1-3-13-26-20(17-11-7-8-12-18(17)22)24-25-21(26)28-14-19(27)23-15(2)16-9-5-4-6-10-16/h3-12,15H,1,13-14H2,2H3,(H,23,27). The van der Waals surface area contributed by atoms with Crippen LogP contribution in [-0.4, -0.2) is 26.4 Å². The SMILES string of the molecule is C=CCn1c(SCC(=O)NC(C)c2ccccc2)nnc1-c1ccccc1Cl. The van der Waals surface area contributed by atoms with Crippen molar-refractivity contribution in [1.29, 1.82) is 0 Å². The second-order valence-corrected chi connectivity index (χ2v) is 7.52. The molecule has 3 rings (SSSR count). The molecule has 0 saturated heterocycles. The fraction of sp³-hybridized carbons (Fsp3) is 0.190. The number of amides is 1. The summed E-state index contributed by atoms with van der Waals surface area (Å²) in [7, 11) is 0. The summed E-state index contributed by atoms with van der Waals surface area (Å²) in [6.07, 6.45) is 1.77. The second-order valence-electron chi connectivity index (χ2n) is 6.17. The van der Waals surface area contributed by atoms with Crippen LogP contribution in [0.3, 0.4) is 0 Å². The fourth-order valence-corrected chi connectivity index (χ4v) is 3.75. The summed E-state index contributed by atoms with van der Waals surface area (Å²) < 4.78 is 1.91. The number of nitrogens with zero attached hydrogens (tertiary/aromatic N) is 3.